The minimum absolute atomic E-state index is 0.0318. The molecule has 20 heteroatoms. The molecule has 4 aromatic heterocycles. The predicted molar refractivity (Wildman–Crippen MR) is 338 cm³/mol. The second-order valence-corrected chi connectivity index (χ2v) is 24.2. The van der Waals surface area contributed by atoms with Crippen LogP contribution in [0.15, 0.2) is 168 Å². The van der Waals surface area contributed by atoms with Crippen LogP contribution in [0.4, 0.5) is 0 Å². The molecule has 88 heavy (non-hydrogen) atoms. The second-order valence-electron chi connectivity index (χ2n) is 24.2. The second kappa shape index (κ2) is 23.5. The van der Waals surface area contributed by atoms with E-state index in [1.165, 1.54) is 66.8 Å². The van der Waals surface area contributed by atoms with Crippen LogP contribution in [0.2, 0.25) is 0 Å². The van der Waals surface area contributed by atoms with Gasteiger partial charge in [-0.05, 0) is 146 Å². The van der Waals surface area contributed by atoms with Crippen molar-refractivity contribution in [3.05, 3.63) is 192 Å². The van der Waals surface area contributed by atoms with Crippen molar-refractivity contribution < 1.29 is 18.9 Å². The van der Waals surface area contributed by atoms with Crippen LogP contribution in [0.3, 0.4) is 0 Å². The third-order valence-electron chi connectivity index (χ3n) is 19.3. The number of aromatic nitrogens is 8. The minimum atomic E-state index is -0.205. The van der Waals surface area contributed by atoms with E-state index in [0.717, 1.165) is 99.3 Å². The Kier molecular flexibility index (Phi) is 15.3. The molecule has 4 aliphatic carbocycles. The van der Waals surface area contributed by atoms with E-state index in [1.54, 1.807) is 25.3 Å². The number of hydrogen-bond donors (Lipinski definition) is 4. The van der Waals surface area contributed by atoms with Crippen molar-refractivity contribution in [2.45, 2.75) is 151 Å². The normalized spacial score (nSPS) is 26.4. The highest BCUT2D eigenvalue weighted by Gasteiger charge is 2.49. The predicted octanol–water partition coefficient (Wildman–Crippen LogP) is 8.42. The molecule has 16 rings (SSSR count). The molecule has 0 radical (unpaired) electrons. The summed E-state index contributed by atoms with van der Waals surface area (Å²) in [7, 11) is 0. The number of nitrogens with two attached hydrogens (primary N) is 4. The van der Waals surface area contributed by atoms with Gasteiger partial charge in [-0.2, -0.15) is 0 Å². The fraction of sp³-hybridized carbons (Fsp3) is 0.353. The van der Waals surface area contributed by atoms with E-state index in [0.29, 0.717) is 24.1 Å². The fourth-order valence-electron chi connectivity index (χ4n) is 14.5. The molecule has 4 spiro atoms. The largest absolute Gasteiger partial charge is 0.460 e. The zero-order chi connectivity index (χ0) is 60.6. The SMILES string of the molecule is C[C@@H]1OC(N)=N[C@@]12CCc1c(cccc1-c1cncnc1)C2.C[C@@H]1OC(N)=N[C@]12CCc1c(cccc1-c1cncnc1)C2.C[C@H]1OC(N)=N[C@@]12CCc1c(cccc1-c1cncnc1)C2.C[C@H]1OC(N)=N[C@]12CCc1c(cccc1-c1cncnc1)C2. The van der Waals surface area contributed by atoms with Crippen molar-refractivity contribution >= 4 is 24.1 Å². The molecular weight excluding hydrogens is 1100 g/mol. The Bertz CT molecular complexity index is 3490. The van der Waals surface area contributed by atoms with E-state index in [2.05, 4.69) is 160 Å². The standard InChI is InChI=1S/4C17H18N4O/c4*1-11-17(21-16(18)22-11)6-5-15-12(7-17)3-2-4-14(15)13-8-19-10-20-9-13/h4*2-4,8-11H,5-7H2,1H3,(H2,18,21)/t2*11-,17+;2*11-,17-/m1010/s1. The number of nitrogens with zero attached hydrogens (tertiary/aromatic N) is 12. The molecule has 0 fully saturated rings. The Morgan fingerprint density at radius 3 is 0.705 bits per heavy atom. The van der Waals surface area contributed by atoms with Crippen LogP contribution >= 0.6 is 0 Å². The smallest absolute Gasteiger partial charge is 0.282 e. The topological polar surface area (TPSA) is 294 Å². The summed E-state index contributed by atoms with van der Waals surface area (Å²) >= 11 is 0. The third-order valence-corrected chi connectivity index (χ3v) is 19.3. The van der Waals surface area contributed by atoms with Crippen LogP contribution < -0.4 is 22.9 Å². The van der Waals surface area contributed by atoms with Crippen LogP contribution in [-0.2, 0) is 70.3 Å². The van der Waals surface area contributed by atoms with E-state index in [1.807, 2.05) is 49.6 Å². The van der Waals surface area contributed by atoms with Crippen LogP contribution in [0.5, 0.6) is 0 Å². The molecule has 0 bridgehead atoms. The number of fused-ring (bicyclic) bond motifs is 4. The first kappa shape index (κ1) is 57.4. The summed E-state index contributed by atoms with van der Waals surface area (Å²) in [5, 5.41) is 0. The summed E-state index contributed by atoms with van der Waals surface area (Å²) in [6.45, 7) is 8.24. The van der Waals surface area contributed by atoms with Crippen molar-refractivity contribution in [1.82, 2.24) is 39.9 Å². The highest BCUT2D eigenvalue weighted by atomic mass is 16.5. The van der Waals surface area contributed by atoms with Gasteiger partial charge in [-0.25, -0.2) is 59.8 Å². The van der Waals surface area contributed by atoms with Gasteiger partial charge in [-0.15, -0.1) is 0 Å². The van der Waals surface area contributed by atoms with Crippen molar-refractivity contribution in [1.29, 1.82) is 0 Å². The maximum Gasteiger partial charge on any atom is 0.282 e. The highest BCUT2D eigenvalue weighted by molar-refractivity contribution is 5.78. The van der Waals surface area contributed by atoms with E-state index < -0.39 is 0 Å². The van der Waals surface area contributed by atoms with Gasteiger partial charge in [0.1, 0.15) is 71.9 Å². The minimum Gasteiger partial charge on any atom is -0.460 e. The van der Waals surface area contributed by atoms with E-state index in [9.17, 15) is 0 Å². The Morgan fingerprint density at radius 1 is 0.318 bits per heavy atom. The Hall–Kier alpha value is -9.72. The van der Waals surface area contributed by atoms with Gasteiger partial charge in [0.2, 0.25) is 0 Å². The van der Waals surface area contributed by atoms with Crippen molar-refractivity contribution in [2.24, 2.45) is 42.9 Å². The van der Waals surface area contributed by atoms with Gasteiger partial charge in [0.25, 0.3) is 24.1 Å². The highest BCUT2D eigenvalue weighted by Crippen LogP contribution is 2.46. The molecule has 0 saturated carbocycles. The molecule has 448 valence electrons. The number of aliphatic imine (C=N–C) groups is 4. The molecule has 4 aromatic carbocycles. The number of benzene rings is 4. The lowest BCUT2D eigenvalue weighted by Gasteiger charge is -2.35. The molecule has 0 unspecified atom stereocenters. The van der Waals surface area contributed by atoms with Crippen LogP contribution in [0.1, 0.15) is 97.9 Å². The fourth-order valence-corrected chi connectivity index (χ4v) is 14.5. The molecule has 0 amide bonds. The average molecular weight is 1180 g/mol. The van der Waals surface area contributed by atoms with Gasteiger partial charge in [0.05, 0.1) is 0 Å². The molecule has 8 aromatic rings. The quantitative estimate of drug-likeness (QED) is 0.129. The first-order valence-corrected chi connectivity index (χ1v) is 30.2. The van der Waals surface area contributed by atoms with Gasteiger partial charge in [-0.3, -0.25) is 0 Å². The van der Waals surface area contributed by atoms with Gasteiger partial charge in [0, 0.05) is 97.5 Å². The summed E-state index contributed by atoms with van der Waals surface area (Å²) in [6, 6.07) is 26.9. The van der Waals surface area contributed by atoms with Crippen molar-refractivity contribution in [3.63, 3.8) is 0 Å². The molecule has 0 saturated heterocycles. The molecule has 8 atom stereocenters. The average Bonchev–Trinajstić information content (AvgIpc) is 1.85. The number of rotatable bonds is 4. The third kappa shape index (κ3) is 11.0. The number of ether oxygens (including phenoxy) is 4. The van der Waals surface area contributed by atoms with Crippen LogP contribution in [0.25, 0.3) is 44.5 Å². The first-order chi connectivity index (χ1) is 42.7. The zero-order valence-corrected chi connectivity index (χ0v) is 50.0. The van der Waals surface area contributed by atoms with E-state index in [-0.39, 0.29) is 46.6 Å². The van der Waals surface area contributed by atoms with Gasteiger partial charge in [0.15, 0.2) is 0 Å². The Morgan fingerprint density at radius 2 is 0.523 bits per heavy atom. The zero-order valence-electron chi connectivity index (χ0n) is 50.0. The molecule has 8 N–H and O–H groups in total. The maximum absolute atomic E-state index is 5.78. The first-order valence-electron chi connectivity index (χ1n) is 30.2. The number of amidine groups is 4. The van der Waals surface area contributed by atoms with Gasteiger partial charge in [-0.1, -0.05) is 72.8 Å². The van der Waals surface area contributed by atoms with E-state index >= 15 is 0 Å². The van der Waals surface area contributed by atoms with Crippen LogP contribution in [-0.4, -0.2) is 111 Å². The van der Waals surface area contributed by atoms with Gasteiger partial charge >= 0.3 is 0 Å². The molecule has 8 aliphatic rings. The monoisotopic (exact) mass is 1180 g/mol. The lowest BCUT2D eigenvalue weighted by molar-refractivity contribution is 0.140. The van der Waals surface area contributed by atoms with Crippen molar-refractivity contribution in [3.8, 4) is 44.5 Å². The maximum atomic E-state index is 5.78. The summed E-state index contributed by atoms with van der Waals surface area (Å²) in [5.41, 5.74) is 42.2. The lowest BCUT2D eigenvalue weighted by atomic mass is 9.74. The lowest BCUT2D eigenvalue weighted by Crippen LogP contribution is -2.41. The van der Waals surface area contributed by atoms with Crippen molar-refractivity contribution in [2.75, 3.05) is 0 Å². The molecule has 4 aliphatic heterocycles. The van der Waals surface area contributed by atoms with Gasteiger partial charge < -0.3 is 41.9 Å². The molecule has 20 nitrogen and oxygen atoms in total. The summed E-state index contributed by atoms with van der Waals surface area (Å²) in [6.07, 6.45) is 32.4. The van der Waals surface area contributed by atoms with E-state index in [4.69, 9.17) is 41.9 Å². The summed E-state index contributed by atoms with van der Waals surface area (Å²) in [4.78, 5) is 51.5. The molecule has 8 heterocycles. The van der Waals surface area contributed by atoms with Crippen LogP contribution in [0, 0.1) is 0 Å². The Labute approximate surface area is 511 Å². The summed E-state index contributed by atoms with van der Waals surface area (Å²) < 4.78 is 22.4. The Balaban J connectivity index is 0.000000108. The number of hydrogen-bond acceptors (Lipinski definition) is 20. The molecular formula is C68H72N16O4. The summed E-state index contributed by atoms with van der Waals surface area (Å²) in [5.74, 6) is 0.